The first-order valence-corrected chi connectivity index (χ1v) is 6.81. The number of hydrogen-bond acceptors (Lipinski definition) is 4. The maximum Gasteiger partial charge on any atom is 0.219 e. The second-order valence-corrected chi connectivity index (χ2v) is 4.96. The van der Waals surface area contributed by atoms with Crippen molar-refractivity contribution >= 4 is 11.6 Å². The zero-order valence-corrected chi connectivity index (χ0v) is 12.3. The molecule has 2 N–H and O–H groups in total. The molecule has 1 aromatic carbocycles. The maximum atomic E-state index is 11.3. The molecule has 0 aliphatic carbocycles. The lowest BCUT2D eigenvalue weighted by Crippen LogP contribution is -2.22. The summed E-state index contributed by atoms with van der Waals surface area (Å²) in [6.45, 7) is 2.59. The quantitative estimate of drug-likeness (QED) is 0.856. The number of rotatable bonds is 6. The number of carbonyl (C=O) groups excluding carboxylic acids is 1. The lowest BCUT2D eigenvalue weighted by molar-refractivity contribution is -0.128. The van der Waals surface area contributed by atoms with E-state index in [4.69, 9.17) is 9.52 Å². The van der Waals surface area contributed by atoms with Gasteiger partial charge in [0.25, 0.3) is 0 Å². The molecule has 0 radical (unpaired) electrons. The molecule has 0 unspecified atom stereocenters. The van der Waals surface area contributed by atoms with Gasteiger partial charge >= 0.3 is 0 Å². The minimum absolute atomic E-state index is 0.0421. The van der Waals surface area contributed by atoms with Crippen LogP contribution in [0, 0.1) is 0 Å². The highest BCUT2D eigenvalue weighted by atomic mass is 16.4. The van der Waals surface area contributed by atoms with Gasteiger partial charge in [0.05, 0.1) is 6.54 Å². The van der Waals surface area contributed by atoms with Gasteiger partial charge in [-0.1, -0.05) is 12.1 Å². The van der Waals surface area contributed by atoms with E-state index in [-0.39, 0.29) is 12.5 Å². The molecule has 1 amide bonds. The van der Waals surface area contributed by atoms with Crippen molar-refractivity contribution in [3.05, 3.63) is 53.5 Å². The third-order valence-corrected chi connectivity index (χ3v) is 3.22. The van der Waals surface area contributed by atoms with E-state index in [2.05, 4.69) is 5.32 Å². The van der Waals surface area contributed by atoms with Gasteiger partial charge in [-0.3, -0.25) is 4.79 Å². The molecule has 0 atom stereocenters. The van der Waals surface area contributed by atoms with Gasteiger partial charge in [-0.2, -0.15) is 0 Å². The number of nitrogens with one attached hydrogen (secondary N) is 1. The summed E-state index contributed by atoms with van der Waals surface area (Å²) in [4.78, 5) is 12.9. The average molecular weight is 288 g/mol. The third kappa shape index (κ3) is 4.36. The first kappa shape index (κ1) is 15.1. The van der Waals surface area contributed by atoms with Gasteiger partial charge in [-0.25, -0.2) is 0 Å². The lowest BCUT2D eigenvalue weighted by Gasteiger charge is -2.15. The largest absolute Gasteiger partial charge is 0.462 e. The molecule has 0 aliphatic rings. The van der Waals surface area contributed by atoms with Gasteiger partial charge in [0.15, 0.2) is 0 Å². The van der Waals surface area contributed by atoms with Crippen LogP contribution in [0.1, 0.15) is 24.0 Å². The van der Waals surface area contributed by atoms with E-state index < -0.39 is 0 Å². The summed E-state index contributed by atoms with van der Waals surface area (Å²) in [7, 11) is 1.78. The van der Waals surface area contributed by atoms with Gasteiger partial charge in [0.1, 0.15) is 18.1 Å². The molecule has 21 heavy (non-hydrogen) atoms. The normalized spacial score (nSPS) is 10.4. The van der Waals surface area contributed by atoms with Gasteiger partial charge in [-0.05, 0) is 29.8 Å². The van der Waals surface area contributed by atoms with Gasteiger partial charge in [0, 0.05) is 26.2 Å². The Bertz CT molecular complexity index is 607. The van der Waals surface area contributed by atoms with Crippen molar-refractivity contribution in [2.75, 3.05) is 12.4 Å². The average Bonchev–Trinajstić information content (AvgIpc) is 2.93. The van der Waals surface area contributed by atoms with Crippen LogP contribution < -0.4 is 5.32 Å². The molecule has 2 aromatic rings. The van der Waals surface area contributed by atoms with Crippen LogP contribution in [0.2, 0.25) is 0 Å². The van der Waals surface area contributed by atoms with Gasteiger partial charge in [-0.15, -0.1) is 0 Å². The second kappa shape index (κ2) is 6.95. The van der Waals surface area contributed by atoms with Crippen LogP contribution in [0.15, 0.2) is 40.8 Å². The van der Waals surface area contributed by atoms with Crippen molar-refractivity contribution < 1.29 is 14.3 Å². The minimum Gasteiger partial charge on any atom is -0.462 e. The van der Waals surface area contributed by atoms with Crippen LogP contribution in [0.3, 0.4) is 0 Å². The second-order valence-electron chi connectivity index (χ2n) is 4.96. The molecule has 112 valence electrons. The van der Waals surface area contributed by atoms with Crippen molar-refractivity contribution in [2.45, 2.75) is 26.6 Å². The first-order chi connectivity index (χ1) is 10.1. The summed E-state index contributed by atoms with van der Waals surface area (Å²) in [5, 5.41) is 12.2. The van der Waals surface area contributed by atoms with Crippen LogP contribution in [0.5, 0.6) is 0 Å². The van der Waals surface area contributed by atoms with E-state index in [9.17, 15) is 4.79 Å². The summed E-state index contributed by atoms with van der Waals surface area (Å²) in [5.41, 5.74) is 2.03. The lowest BCUT2D eigenvalue weighted by atomic mass is 10.2. The molecular formula is C16H20N2O3. The van der Waals surface area contributed by atoms with Crippen LogP contribution >= 0.6 is 0 Å². The molecule has 0 aliphatic heterocycles. The highest BCUT2D eigenvalue weighted by Crippen LogP contribution is 2.15. The van der Waals surface area contributed by atoms with E-state index in [0.717, 1.165) is 17.0 Å². The molecule has 5 heteroatoms. The summed E-state index contributed by atoms with van der Waals surface area (Å²) < 4.78 is 5.42. The summed E-state index contributed by atoms with van der Waals surface area (Å²) in [5.74, 6) is 1.37. The molecule has 0 saturated heterocycles. The number of nitrogens with zero attached hydrogens (tertiary/aromatic N) is 1. The van der Waals surface area contributed by atoms with Crippen molar-refractivity contribution in [1.82, 2.24) is 4.90 Å². The van der Waals surface area contributed by atoms with Crippen LogP contribution in [-0.4, -0.2) is 23.0 Å². The van der Waals surface area contributed by atoms with E-state index in [1.165, 1.54) is 0 Å². The van der Waals surface area contributed by atoms with Crippen LogP contribution in [0.25, 0.3) is 0 Å². The van der Waals surface area contributed by atoms with E-state index in [1.807, 2.05) is 30.3 Å². The highest BCUT2D eigenvalue weighted by molar-refractivity contribution is 5.72. The SMILES string of the molecule is CC(=O)N(C)Cc1cccc(NCc2ccc(CO)o2)c1. The number of amides is 1. The molecule has 5 nitrogen and oxygen atoms in total. The summed E-state index contributed by atoms with van der Waals surface area (Å²) in [6.07, 6.45) is 0. The van der Waals surface area contributed by atoms with Crippen molar-refractivity contribution in [3.8, 4) is 0 Å². The summed E-state index contributed by atoms with van der Waals surface area (Å²) in [6, 6.07) is 11.5. The maximum absolute atomic E-state index is 11.3. The zero-order chi connectivity index (χ0) is 15.2. The van der Waals surface area contributed by atoms with Gasteiger partial charge in [0.2, 0.25) is 5.91 Å². The fraction of sp³-hybridized carbons (Fsp3) is 0.312. The Kier molecular flexibility index (Phi) is 5.00. The number of aliphatic hydroxyl groups is 1. The Morgan fingerprint density at radius 2 is 2.05 bits per heavy atom. The highest BCUT2D eigenvalue weighted by Gasteiger charge is 2.05. The number of carbonyl (C=O) groups is 1. The van der Waals surface area contributed by atoms with Crippen molar-refractivity contribution in [2.24, 2.45) is 0 Å². The van der Waals surface area contributed by atoms with Crippen LogP contribution in [-0.2, 0) is 24.5 Å². The molecule has 2 rings (SSSR count). The third-order valence-electron chi connectivity index (χ3n) is 3.22. The first-order valence-electron chi connectivity index (χ1n) is 6.81. The molecule has 1 aromatic heterocycles. The fourth-order valence-electron chi connectivity index (χ4n) is 1.96. The molecule has 0 spiro atoms. The number of hydrogen-bond donors (Lipinski definition) is 2. The Hall–Kier alpha value is -2.27. The molecule has 0 saturated carbocycles. The number of anilines is 1. The number of aliphatic hydroxyl groups excluding tert-OH is 1. The van der Waals surface area contributed by atoms with E-state index >= 15 is 0 Å². The van der Waals surface area contributed by atoms with E-state index in [0.29, 0.717) is 18.8 Å². The van der Waals surface area contributed by atoms with Gasteiger partial charge < -0.3 is 19.7 Å². The standard InChI is InChI=1S/C16H20N2O3/c1-12(20)18(2)10-13-4-3-5-14(8-13)17-9-15-6-7-16(11-19)21-15/h3-8,17,19H,9-11H2,1-2H3. The number of furan rings is 1. The fourth-order valence-corrected chi connectivity index (χ4v) is 1.96. The molecule has 0 fully saturated rings. The zero-order valence-electron chi connectivity index (χ0n) is 12.3. The Morgan fingerprint density at radius 3 is 2.71 bits per heavy atom. The topological polar surface area (TPSA) is 65.7 Å². The smallest absolute Gasteiger partial charge is 0.219 e. The van der Waals surface area contributed by atoms with Crippen molar-refractivity contribution in [3.63, 3.8) is 0 Å². The van der Waals surface area contributed by atoms with Crippen molar-refractivity contribution in [1.29, 1.82) is 0 Å². The predicted molar refractivity (Wildman–Crippen MR) is 80.5 cm³/mol. The molecule has 1 heterocycles. The molecule has 0 bridgehead atoms. The minimum atomic E-state index is -0.0904. The Labute approximate surface area is 124 Å². The predicted octanol–water partition coefficient (Wildman–Crippen LogP) is 2.36. The Balaban J connectivity index is 1.95. The van der Waals surface area contributed by atoms with Crippen LogP contribution in [0.4, 0.5) is 5.69 Å². The summed E-state index contributed by atoms with van der Waals surface area (Å²) >= 11 is 0. The monoisotopic (exact) mass is 288 g/mol. The van der Waals surface area contributed by atoms with E-state index in [1.54, 1.807) is 24.9 Å². The Morgan fingerprint density at radius 1 is 1.29 bits per heavy atom. The molecular weight excluding hydrogens is 268 g/mol. The number of benzene rings is 1.